The number of benzene rings is 2. The summed E-state index contributed by atoms with van der Waals surface area (Å²) in [6, 6.07) is 10.5. The zero-order valence-electron chi connectivity index (χ0n) is 12.9. The number of methoxy groups -OCH3 is 1. The van der Waals surface area contributed by atoms with Crippen molar-refractivity contribution in [2.45, 2.75) is 0 Å². The van der Waals surface area contributed by atoms with Crippen LogP contribution in [0.4, 0.5) is 4.39 Å². The van der Waals surface area contributed by atoms with Crippen molar-refractivity contribution in [2.75, 3.05) is 20.2 Å². The maximum Gasteiger partial charge on any atom is 0.252 e. The van der Waals surface area contributed by atoms with Crippen LogP contribution in [0.15, 0.2) is 46.9 Å². The second kappa shape index (κ2) is 8.44. The van der Waals surface area contributed by atoms with Crippen LogP contribution in [0, 0.1) is 5.82 Å². The predicted molar refractivity (Wildman–Crippen MR) is 91.8 cm³/mol. The first-order valence-corrected chi connectivity index (χ1v) is 7.96. The standard InChI is InChI=1S/C17H16BrFN2O3/c1-24-13-5-2-11(3-6-13)16(22)20-8-9-21-17(23)14-7-4-12(19)10-15(14)18/h2-7,10H,8-9H2,1H3,(H,20,22)(H,21,23). The zero-order valence-corrected chi connectivity index (χ0v) is 14.5. The van der Waals surface area contributed by atoms with Crippen molar-refractivity contribution in [1.82, 2.24) is 10.6 Å². The maximum atomic E-state index is 13.0. The molecule has 7 heteroatoms. The monoisotopic (exact) mass is 394 g/mol. The molecule has 0 aliphatic carbocycles. The first kappa shape index (κ1) is 17.9. The van der Waals surface area contributed by atoms with Gasteiger partial charge in [0.1, 0.15) is 11.6 Å². The van der Waals surface area contributed by atoms with E-state index in [-0.39, 0.29) is 24.9 Å². The molecular weight excluding hydrogens is 379 g/mol. The quantitative estimate of drug-likeness (QED) is 0.740. The second-order valence-corrected chi connectivity index (χ2v) is 5.72. The van der Waals surface area contributed by atoms with Gasteiger partial charge in [0.25, 0.3) is 11.8 Å². The Kier molecular flexibility index (Phi) is 6.31. The second-order valence-electron chi connectivity index (χ2n) is 4.86. The van der Waals surface area contributed by atoms with E-state index in [1.165, 1.54) is 18.2 Å². The van der Waals surface area contributed by atoms with Gasteiger partial charge in [-0.2, -0.15) is 0 Å². The summed E-state index contributed by atoms with van der Waals surface area (Å²) >= 11 is 3.14. The van der Waals surface area contributed by atoms with Gasteiger partial charge in [-0.15, -0.1) is 0 Å². The molecule has 2 rings (SSSR count). The van der Waals surface area contributed by atoms with Gasteiger partial charge >= 0.3 is 0 Å². The number of rotatable bonds is 6. The molecule has 0 atom stereocenters. The molecule has 0 aliphatic rings. The van der Waals surface area contributed by atoms with E-state index in [4.69, 9.17) is 4.74 Å². The summed E-state index contributed by atoms with van der Waals surface area (Å²) < 4.78 is 18.4. The van der Waals surface area contributed by atoms with Gasteiger partial charge in [-0.25, -0.2) is 4.39 Å². The Morgan fingerprint density at radius 3 is 2.25 bits per heavy atom. The highest BCUT2D eigenvalue weighted by atomic mass is 79.9. The van der Waals surface area contributed by atoms with Crippen LogP contribution in [0.3, 0.4) is 0 Å². The molecule has 5 nitrogen and oxygen atoms in total. The van der Waals surface area contributed by atoms with Crippen molar-refractivity contribution >= 4 is 27.7 Å². The Hall–Kier alpha value is -2.41. The van der Waals surface area contributed by atoms with Gasteiger partial charge in [-0.1, -0.05) is 0 Å². The molecule has 0 radical (unpaired) electrons. The van der Waals surface area contributed by atoms with E-state index in [1.54, 1.807) is 31.4 Å². The summed E-state index contributed by atoms with van der Waals surface area (Å²) in [4.78, 5) is 23.9. The topological polar surface area (TPSA) is 67.4 Å². The fraction of sp³-hybridized carbons (Fsp3) is 0.176. The molecule has 0 heterocycles. The van der Waals surface area contributed by atoms with Crippen LogP contribution in [0.1, 0.15) is 20.7 Å². The average Bonchev–Trinajstić information content (AvgIpc) is 2.58. The van der Waals surface area contributed by atoms with Crippen molar-refractivity contribution in [1.29, 1.82) is 0 Å². The fourth-order valence-corrected chi connectivity index (χ4v) is 2.50. The van der Waals surface area contributed by atoms with Crippen LogP contribution < -0.4 is 15.4 Å². The summed E-state index contributed by atoms with van der Waals surface area (Å²) in [5, 5.41) is 5.36. The summed E-state index contributed by atoms with van der Waals surface area (Å²) in [7, 11) is 1.55. The number of carbonyl (C=O) groups is 2. The lowest BCUT2D eigenvalue weighted by atomic mass is 10.2. The Bertz CT molecular complexity index is 735. The Morgan fingerprint density at radius 1 is 1.04 bits per heavy atom. The third-order valence-electron chi connectivity index (χ3n) is 3.22. The molecule has 2 aromatic carbocycles. The zero-order chi connectivity index (χ0) is 17.5. The molecule has 2 amide bonds. The minimum Gasteiger partial charge on any atom is -0.497 e. The van der Waals surface area contributed by atoms with Crippen molar-refractivity contribution < 1.29 is 18.7 Å². The maximum absolute atomic E-state index is 13.0. The lowest BCUT2D eigenvalue weighted by molar-refractivity contribution is 0.0927. The minimum atomic E-state index is -0.426. The molecule has 0 saturated carbocycles. The van der Waals surface area contributed by atoms with Crippen molar-refractivity contribution in [3.05, 3.63) is 63.9 Å². The predicted octanol–water partition coefficient (Wildman–Crippen LogP) is 2.76. The van der Waals surface area contributed by atoms with Crippen LogP contribution in [-0.4, -0.2) is 32.0 Å². The average molecular weight is 395 g/mol. The number of carbonyl (C=O) groups excluding carboxylic acids is 2. The third kappa shape index (κ3) is 4.79. The first-order valence-electron chi connectivity index (χ1n) is 7.17. The highest BCUT2D eigenvalue weighted by molar-refractivity contribution is 9.10. The summed E-state index contributed by atoms with van der Waals surface area (Å²) in [6.07, 6.45) is 0. The highest BCUT2D eigenvalue weighted by Crippen LogP contribution is 2.17. The van der Waals surface area contributed by atoms with Gasteiger partial charge in [0.15, 0.2) is 0 Å². The van der Waals surface area contributed by atoms with Gasteiger partial charge in [0.05, 0.1) is 12.7 Å². The molecule has 2 aromatic rings. The first-order chi connectivity index (χ1) is 11.5. The van der Waals surface area contributed by atoms with Gasteiger partial charge in [0.2, 0.25) is 0 Å². The van der Waals surface area contributed by atoms with E-state index in [1.807, 2.05) is 0 Å². The normalized spacial score (nSPS) is 10.1. The van der Waals surface area contributed by atoms with Crippen LogP contribution >= 0.6 is 15.9 Å². The number of nitrogens with one attached hydrogen (secondary N) is 2. The molecular formula is C17H16BrFN2O3. The smallest absolute Gasteiger partial charge is 0.252 e. The molecule has 0 saturated heterocycles. The molecule has 0 bridgehead atoms. The summed E-state index contributed by atoms with van der Waals surface area (Å²) in [5.41, 5.74) is 0.835. The lowest BCUT2D eigenvalue weighted by Gasteiger charge is -2.09. The highest BCUT2D eigenvalue weighted by Gasteiger charge is 2.10. The Morgan fingerprint density at radius 2 is 1.67 bits per heavy atom. The van der Waals surface area contributed by atoms with Crippen LogP contribution in [0.25, 0.3) is 0 Å². The van der Waals surface area contributed by atoms with E-state index < -0.39 is 5.82 Å². The third-order valence-corrected chi connectivity index (χ3v) is 3.88. The van der Waals surface area contributed by atoms with Crippen molar-refractivity contribution in [3.63, 3.8) is 0 Å². The van der Waals surface area contributed by atoms with E-state index >= 15 is 0 Å². The molecule has 0 fully saturated rings. The SMILES string of the molecule is COc1ccc(C(=O)NCCNC(=O)c2ccc(F)cc2Br)cc1. The number of hydrogen-bond donors (Lipinski definition) is 2. The van der Waals surface area contributed by atoms with Crippen LogP contribution in [0.2, 0.25) is 0 Å². The molecule has 0 unspecified atom stereocenters. The van der Waals surface area contributed by atoms with E-state index in [2.05, 4.69) is 26.6 Å². The van der Waals surface area contributed by atoms with Crippen LogP contribution in [-0.2, 0) is 0 Å². The van der Waals surface area contributed by atoms with Crippen molar-refractivity contribution in [3.8, 4) is 5.75 Å². The number of hydrogen-bond acceptors (Lipinski definition) is 3. The minimum absolute atomic E-state index is 0.241. The van der Waals surface area contributed by atoms with Gasteiger partial charge in [0, 0.05) is 23.1 Å². The Labute approximate surface area is 147 Å². The van der Waals surface area contributed by atoms with Crippen molar-refractivity contribution in [2.24, 2.45) is 0 Å². The van der Waals surface area contributed by atoms with Gasteiger partial charge in [-0.05, 0) is 58.4 Å². The lowest BCUT2D eigenvalue weighted by Crippen LogP contribution is -2.34. The molecule has 0 aromatic heterocycles. The fourth-order valence-electron chi connectivity index (χ4n) is 1.97. The van der Waals surface area contributed by atoms with Gasteiger partial charge < -0.3 is 15.4 Å². The number of halogens is 2. The van der Waals surface area contributed by atoms with E-state index in [0.717, 1.165) is 0 Å². The number of ether oxygens (including phenoxy) is 1. The van der Waals surface area contributed by atoms with E-state index in [0.29, 0.717) is 21.3 Å². The molecule has 2 N–H and O–H groups in total. The van der Waals surface area contributed by atoms with E-state index in [9.17, 15) is 14.0 Å². The van der Waals surface area contributed by atoms with Crippen LogP contribution in [0.5, 0.6) is 5.75 Å². The summed E-state index contributed by atoms with van der Waals surface area (Å²) in [5.74, 6) is -0.343. The molecule has 24 heavy (non-hydrogen) atoms. The summed E-state index contributed by atoms with van der Waals surface area (Å²) in [6.45, 7) is 0.528. The Balaban J connectivity index is 1.79. The number of amides is 2. The molecule has 126 valence electrons. The van der Waals surface area contributed by atoms with Gasteiger partial charge in [-0.3, -0.25) is 9.59 Å². The molecule has 0 spiro atoms. The largest absolute Gasteiger partial charge is 0.497 e. The molecule has 0 aliphatic heterocycles.